The first-order valence-corrected chi connectivity index (χ1v) is 5.45. The summed E-state index contributed by atoms with van der Waals surface area (Å²) in [5, 5.41) is 8.93. The fourth-order valence-corrected chi connectivity index (χ4v) is 1.69. The van der Waals surface area contributed by atoms with Gasteiger partial charge in [0.15, 0.2) is 6.10 Å². The molecule has 1 aromatic carbocycles. The highest BCUT2D eigenvalue weighted by Crippen LogP contribution is 2.39. The fraction of sp³-hybridized carbons (Fsp3) is 0.417. The SMILES string of the molecule is O=C(O)C(Oc1ccccc1C(F)(F)F)C1CC1. The number of ether oxygens (including phenoxy) is 1. The number of rotatable bonds is 4. The summed E-state index contributed by atoms with van der Waals surface area (Å²) in [5.41, 5.74) is -0.947. The molecule has 0 radical (unpaired) electrons. The molecule has 1 atom stereocenters. The first-order chi connectivity index (χ1) is 8.39. The number of hydrogen-bond acceptors (Lipinski definition) is 2. The predicted molar refractivity (Wildman–Crippen MR) is 56.2 cm³/mol. The highest BCUT2D eigenvalue weighted by molar-refractivity contribution is 5.73. The van der Waals surface area contributed by atoms with Crippen molar-refractivity contribution in [3.63, 3.8) is 0 Å². The lowest BCUT2D eigenvalue weighted by Gasteiger charge is -2.18. The minimum atomic E-state index is -4.55. The molecule has 98 valence electrons. The van der Waals surface area contributed by atoms with Gasteiger partial charge < -0.3 is 9.84 Å². The molecule has 0 saturated heterocycles. The number of carbonyl (C=O) groups is 1. The third-order valence-corrected chi connectivity index (χ3v) is 2.74. The molecule has 18 heavy (non-hydrogen) atoms. The number of para-hydroxylation sites is 1. The summed E-state index contributed by atoms with van der Waals surface area (Å²) >= 11 is 0. The van der Waals surface area contributed by atoms with Gasteiger partial charge in [-0.05, 0) is 25.0 Å². The summed E-state index contributed by atoms with van der Waals surface area (Å²) in [6.07, 6.45) is -4.41. The minimum Gasteiger partial charge on any atom is -0.478 e. The molecular weight excluding hydrogens is 249 g/mol. The van der Waals surface area contributed by atoms with Gasteiger partial charge in [0.1, 0.15) is 5.75 Å². The molecule has 1 aliphatic rings. The van der Waals surface area contributed by atoms with Crippen LogP contribution in [0.25, 0.3) is 0 Å². The number of carboxylic acids is 1. The topological polar surface area (TPSA) is 46.5 Å². The van der Waals surface area contributed by atoms with Crippen LogP contribution in [0.3, 0.4) is 0 Å². The highest BCUT2D eigenvalue weighted by Gasteiger charge is 2.40. The molecule has 3 nitrogen and oxygen atoms in total. The minimum absolute atomic E-state index is 0.191. The molecule has 0 bridgehead atoms. The van der Waals surface area contributed by atoms with Crippen molar-refractivity contribution in [1.82, 2.24) is 0 Å². The van der Waals surface area contributed by atoms with Crippen LogP contribution in [0.2, 0.25) is 0 Å². The Balaban J connectivity index is 2.25. The molecule has 6 heteroatoms. The van der Waals surface area contributed by atoms with Crippen molar-refractivity contribution in [2.75, 3.05) is 0 Å². The van der Waals surface area contributed by atoms with Gasteiger partial charge in [0.2, 0.25) is 0 Å². The summed E-state index contributed by atoms with van der Waals surface area (Å²) in [6.45, 7) is 0. The molecule has 0 spiro atoms. The number of alkyl halides is 3. The van der Waals surface area contributed by atoms with Gasteiger partial charge in [-0.1, -0.05) is 12.1 Å². The van der Waals surface area contributed by atoms with Gasteiger partial charge in [0.25, 0.3) is 0 Å². The lowest BCUT2D eigenvalue weighted by Crippen LogP contribution is -2.30. The van der Waals surface area contributed by atoms with Crippen LogP contribution >= 0.6 is 0 Å². The van der Waals surface area contributed by atoms with Gasteiger partial charge in [-0.2, -0.15) is 13.2 Å². The van der Waals surface area contributed by atoms with E-state index in [1.54, 1.807) is 0 Å². The summed E-state index contributed by atoms with van der Waals surface area (Å²) in [4.78, 5) is 10.9. The second-order valence-corrected chi connectivity index (χ2v) is 4.21. The van der Waals surface area contributed by atoms with E-state index in [2.05, 4.69) is 0 Å². The van der Waals surface area contributed by atoms with Crippen LogP contribution in [0.5, 0.6) is 5.75 Å². The monoisotopic (exact) mass is 260 g/mol. The Morgan fingerprint density at radius 2 is 1.94 bits per heavy atom. The second-order valence-electron chi connectivity index (χ2n) is 4.21. The summed E-state index contributed by atoms with van der Waals surface area (Å²) in [6, 6.07) is 4.64. The molecule has 1 fully saturated rings. The maximum absolute atomic E-state index is 12.7. The van der Waals surface area contributed by atoms with Gasteiger partial charge >= 0.3 is 12.1 Å². The molecule has 0 aromatic heterocycles. The third kappa shape index (κ3) is 2.75. The molecule has 2 rings (SSSR count). The Bertz CT molecular complexity index is 452. The Kier molecular flexibility index (Phi) is 3.19. The van der Waals surface area contributed by atoms with Crippen molar-refractivity contribution in [2.24, 2.45) is 5.92 Å². The van der Waals surface area contributed by atoms with E-state index in [0.29, 0.717) is 12.8 Å². The summed E-state index contributed by atoms with van der Waals surface area (Å²) in [7, 11) is 0. The van der Waals surface area contributed by atoms with Crippen molar-refractivity contribution < 1.29 is 27.8 Å². The number of aliphatic carboxylic acids is 1. The lowest BCUT2D eigenvalue weighted by molar-refractivity contribution is -0.149. The van der Waals surface area contributed by atoms with Gasteiger partial charge in [0.05, 0.1) is 5.56 Å². The number of carboxylic acid groups (broad SMARTS) is 1. The van der Waals surface area contributed by atoms with Crippen molar-refractivity contribution in [2.45, 2.75) is 25.1 Å². The zero-order chi connectivity index (χ0) is 13.3. The van der Waals surface area contributed by atoms with E-state index in [4.69, 9.17) is 9.84 Å². The first-order valence-electron chi connectivity index (χ1n) is 5.45. The van der Waals surface area contributed by atoms with Gasteiger partial charge in [-0.3, -0.25) is 0 Å². The highest BCUT2D eigenvalue weighted by atomic mass is 19.4. The molecule has 0 heterocycles. The van der Waals surface area contributed by atoms with E-state index in [1.165, 1.54) is 12.1 Å². The van der Waals surface area contributed by atoms with Crippen molar-refractivity contribution >= 4 is 5.97 Å². The zero-order valence-corrected chi connectivity index (χ0v) is 9.28. The number of benzene rings is 1. The molecular formula is C12H11F3O3. The maximum atomic E-state index is 12.7. The van der Waals surface area contributed by atoms with Gasteiger partial charge in [-0.15, -0.1) is 0 Å². The van der Waals surface area contributed by atoms with Crippen LogP contribution < -0.4 is 4.74 Å². The fourth-order valence-electron chi connectivity index (χ4n) is 1.69. The smallest absolute Gasteiger partial charge is 0.419 e. The maximum Gasteiger partial charge on any atom is 0.419 e. The number of hydrogen-bond donors (Lipinski definition) is 1. The van der Waals surface area contributed by atoms with E-state index in [1.807, 2.05) is 0 Å². The van der Waals surface area contributed by atoms with Crippen molar-refractivity contribution in [3.05, 3.63) is 29.8 Å². The largest absolute Gasteiger partial charge is 0.478 e. The van der Waals surface area contributed by atoms with Gasteiger partial charge in [0, 0.05) is 5.92 Å². The number of halogens is 3. The summed E-state index contributed by atoms with van der Waals surface area (Å²) in [5.74, 6) is -1.84. The Morgan fingerprint density at radius 3 is 2.44 bits per heavy atom. The molecule has 1 saturated carbocycles. The summed E-state index contributed by atoms with van der Waals surface area (Å²) < 4.78 is 43.1. The average Bonchev–Trinajstić information content (AvgIpc) is 3.08. The zero-order valence-electron chi connectivity index (χ0n) is 9.28. The third-order valence-electron chi connectivity index (χ3n) is 2.74. The lowest BCUT2D eigenvalue weighted by atomic mass is 10.2. The van der Waals surface area contributed by atoms with Crippen LogP contribution in [0, 0.1) is 5.92 Å². The van der Waals surface area contributed by atoms with E-state index in [9.17, 15) is 18.0 Å². The van der Waals surface area contributed by atoms with Crippen LogP contribution in [0.4, 0.5) is 13.2 Å². The molecule has 1 aliphatic carbocycles. The van der Waals surface area contributed by atoms with E-state index >= 15 is 0 Å². The van der Waals surface area contributed by atoms with E-state index in [0.717, 1.165) is 12.1 Å². The van der Waals surface area contributed by atoms with Gasteiger partial charge in [-0.25, -0.2) is 4.79 Å². The first kappa shape index (κ1) is 12.7. The van der Waals surface area contributed by atoms with Crippen LogP contribution in [-0.2, 0) is 11.0 Å². The predicted octanol–water partition coefficient (Wildman–Crippen LogP) is 2.95. The Hall–Kier alpha value is -1.72. The standard InChI is InChI=1S/C12H11F3O3/c13-12(14,15)8-3-1-2-4-9(8)18-10(11(16)17)7-5-6-7/h1-4,7,10H,5-6H2,(H,16,17). The Morgan fingerprint density at radius 1 is 1.33 bits per heavy atom. The average molecular weight is 260 g/mol. The van der Waals surface area contributed by atoms with Crippen LogP contribution in [0.15, 0.2) is 24.3 Å². The normalized spacial score (nSPS) is 17.3. The van der Waals surface area contributed by atoms with E-state index < -0.39 is 29.6 Å². The quantitative estimate of drug-likeness (QED) is 0.905. The van der Waals surface area contributed by atoms with Crippen molar-refractivity contribution in [3.8, 4) is 5.75 Å². The molecule has 1 N–H and O–H groups in total. The second kappa shape index (κ2) is 4.51. The van der Waals surface area contributed by atoms with Crippen LogP contribution in [-0.4, -0.2) is 17.2 Å². The molecule has 1 unspecified atom stereocenters. The van der Waals surface area contributed by atoms with Crippen LogP contribution in [0.1, 0.15) is 18.4 Å². The van der Waals surface area contributed by atoms with Crippen molar-refractivity contribution in [1.29, 1.82) is 0 Å². The van der Waals surface area contributed by atoms with E-state index in [-0.39, 0.29) is 5.92 Å². The Labute approximate surface area is 101 Å². The molecule has 1 aromatic rings. The molecule has 0 aliphatic heterocycles. The molecule has 0 amide bonds.